The monoisotopic (exact) mass is 579 g/mol. The van der Waals surface area contributed by atoms with E-state index in [2.05, 4.69) is 51.5 Å². The van der Waals surface area contributed by atoms with Gasteiger partial charge in [0, 0.05) is 10.5 Å². The number of nitro benzene ring substituents is 1. The highest BCUT2D eigenvalue weighted by Gasteiger charge is 2.59. The lowest BCUT2D eigenvalue weighted by Gasteiger charge is -2.22. The Morgan fingerprint density at radius 3 is 2.19 bits per heavy atom. The lowest BCUT2D eigenvalue weighted by Crippen LogP contribution is -2.46. The van der Waals surface area contributed by atoms with Gasteiger partial charge in [-0.25, -0.2) is 5.43 Å². The molecule has 0 unspecified atom stereocenters. The maximum absolute atomic E-state index is 13.0. The summed E-state index contributed by atoms with van der Waals surface area (Å²) in [4.78, 5) is 21.0. The number of hydrogen-bond donors (Lipinski definition) is 2. The van der Waals surface area contributed by atoms with Crippen LogP contribution in [0.4, 0.5) is 49.6 Å². The normalized spacial score (nSPS) is 12.1. The van der Waals surface area contributed by atoms with Crippen LogP contribution in [-0.4, -0.2) is 44.5 Å². The number of nitro groups is 1. The Balaban J connectivity index is 1.96. The van der Waals surface area contributed by atoms with Crippen molar-refractivity contribution >= 4 is 45.4 Å². The second kappa shape index (κ2) is 10.7. The molecule has 10 nitrogen and oxygen atoms in total. The minimum atomic E-state index is -5.84. The summed E-state index contributed by atoms with van der Waals surface area (Å²) in [6, 6.07) is 10.4. The highest BCUT2D eigenvalue weighted by Crippen LogP contribution is 2.36. The van der Waals surface area contributed by atoms with Gasteiger partial charge < -0.3 is 10.1 Å². The summed E-state index contributed by atoms with van der Waals surface area (Å²) in [5.74, 6) is -1.27. The molecule has 0 atom stereocenters. The molecule has 2 N–H and O–H groups in total. The van der Waals surface area contributed by atoms with Crippen LogP contribution in [0.5, 0.6) is 6.01 Å². The fraction of sp³-hybridized carbons (Fsp3) is 0.158. The van der Waals surface area contributed by atoms with Crippen molar-refractivity contribution < 1.29 is 36.0 Å². The number of para-hydroxylation sites is 2. The van der Waals surface area contributed by atoms with Gasteiger partial charge >= 0.3 is 18.4 Å². The van der Waals surface area contributed by atoms with E-state index in [1.165, 1.54) is 24.4 Å². The first-order valence-electron chi connectivity index (χ1n) is 9.44. The van der Waals surface area contributed by atoms with E-state index in [0.717, 1.165) is 10.5 Å². The quantitative estimate of drug-likeness (QED) is 0.153. The average Bonchev–Trinajstić information content (AvgIpc) is 2.77. The van der Waals surface area contributed by atoms with Crippen LogP contribution in [0.1, 0.15) is 5.56 Å². The van der Waals surface area contributed by atoms with Crippen LogP contribution in [0.25, 0.3) is 0 Å². The number of aromatic nitrogens is 3. The van der Waals surface area contributed by atoms with Gasteiger partial charge in [-0.05, 0) is 23.8 Å². The first kappa shape index (κ1) is 26.6. The van der Waals surface area contributed by atoms with Gasteiger partial charge in [-0.3, -0.25) is 10.1 Å². The van der Waals surface area contributed by atoms with Crippen LogP contribution in [0.3, 0.4) is 0 Å². The highest BCUT2D eigenvalue weighted by atomic mass is 79.9. The van der Waals surface area contributed by atoms with E-state index in [9.17, 15) is 36.5 Å². The fourth-order valence-corrected chi connectivity index (χ4v) is 2.78. The number of hydrazone groups is 1. The fourth-order valence-electron chi connectivity index (χ4n) is 2.51. The summed E-state index contributed by atoms with van der Waals surface area (Å²) in [6.07, 6.45) is -14.7. The maximum atomic E-state index is 13.0. The van der Waals surface area contributed by atoms with Crippen molar-refractivity contribution in [1.82, 2.24) is 15.0 Å². The molecule has 3 aromatic rings. The zero-order valence-electron chi connectivity index (χ0n) is 17.4. The van der Waals surface area contributed by atoms with Gasteiger partial charge in [-0.2, -0.15) is 46.4 Å². The molecule has 0 amide bonds. The first-order chi connectivity index (χ1) is 16.8. The second-order valence-corrected chi connectivity index (χ2v) is 7.58. The topological polar surface area (TPSA) is 127 Å². The van der Waals surface area contributed by atoms with E-state index < -0.39 is 47.0 Å². The molecule has 36 heavy (non-hydrogen) atoms. The Hall–Kier alpha value is -4.02. The van der Waals surface area contributed by atoms with Crippen molar-refractivity contribution in [2.75, 3.05) is 10.7 Å². The smallest absolute Gasteiger partial charge is 0.434 e. The van der Waals surface area contributed by atoms with Crippen LogP contribution < -0.4 is 15.5 Å². The Kier molecular flexibility index (Phi) is 7.91. The number of benzene rings is 2. The van der Waals surface area contributed by atoms with E-state index in [1.807, 2.05) is 0 Å². The molecule has 0 saturated carbocycles. The van der Waals surface area contributed by atoms with E-state index in [0.29, 0.717) is 5.56 Å². The summed E-state index contributed by atoms with van der Waals surface area (Å²) >= 11 is 3.24. The molecule has 0 radical (unpaired) electrons. The predicted octanol–water partition coefficient (Wildman–Crippen LogP) is 5.60. The Morgan fingerprint density at radius 2 is 1.58 bits per heavy atom. The molecule has 0 aliphatic heterocycles. The van der Waals surface area contributed by atoms with Gasteiger partial charge in [-0.1, -0.05) is 40.2 Å². The third-order valence-corrected chi connectivity index (χ3v) is 4.56. The number of anilines is 3. The number of nitrogens with one attached hydrogen (secondary N) is 2. The standard InChI is InChI=1S/C19H12BrF6N7O3/c20-11-7-5-10(6-8-11)9-27-32-16-29-15(28-12-3-1-2-4-13(12)33(34)35)30-17(31-16)36-14(18(21,22)23)19(24,25)26/h1-9,14H,(H2,28,29,30,31,32)/b27-9+. The van der Waals surface area contributed by atoms with Crippen LogP contribution >= 0.6 is 15.9 Å². The van der Waals surface area contributed by atoms with Crippen molar-refractivity contribution in [2.24, 2.45) is 5.10 Å². The highest BCUT2D eigenvalue weighted by molar-refractivity contribution is 9.10. The molecule has 0 fully saturated rings. The van der Waals surface area contributed by atoms with Crippen LogP contribution in [0.2, 0.25) is 0 Å². The van der Waals surface area contributed by atoms with E-state index in [1.54, 1.807) is 24.3 Å². The summed E-state index contributed by atoms with van der Waals surface area (Å²) in [6.45, 7) is 0. The second-order valence-electron chi connectivity index (χ2n) is 6.67. The number of nitrogens with zero attached hydrogens (tertiary/aromatic N) is 5. The predicted molar refractivity (Wildman–Crippen MR) is 118 cm³/mol. The molecule has 1 aromatic heterocycles. The maximum Gasteiger partial charge on any atom is 0.434 e. The van der Waals surface area contributed by atoms with Crippen LogP contribution in [-0.2, 0) is 0 Å². The number of hydrogen-bond acceptors (Lipinski definition) is 9. The third-order valence-electron chi connectivity index (χ3n) is 4.03. The van der Waals surface area contributed by atoms with E-state index >= 15 is 0 Å². The van der Waals surface area contributed by atoms with Gasteiger partial charge in [-0.15, -0.1) is 0 Å². The van der Waals surface area contributed by atoms with Gasteiger partial charge in [0.05, 0.1) is 11.1 Å². The lowest BCUT2D eigenvalue weighted by molar-refractivity contribution is -0.383. The van der Waals surface area contributed by atoms with Crippen molar-refractivity contribution in [1.29, 1.82) is 0 Å². The Labute approximate surface area is 205 Å². The first-order valence-corrected chi connectivity index (χ1v) is 10.2. The summed E-state index contributed by atoms with van der Waals surface area (Å²) in [7, 11) is 0. The molecule has 0 saturated heterocycles. The Bertz CT molecular complexity index is 1240. The molecule has 2 aromatic carbocycles. The molecule has 0 aliphatic carbocycles. The number of alkyl halides is 6. The third kappa shape index (κ3) is 7.24. The number of rotatable bonds is 8. The van der Waals surface area contributed by atoms with Gasteiger partial charge in [0.1, 0.15) is 5.69 Å². The largest absolute Gasteiger partial charge is 0.440 e. The van der Waals surface area contributed by atoms with Crippen LogP contribution in [0.15, 0.2) is 58.1 Å². The molecule has 0 bridgehead atoms. The molecule has 1 heterocycles. The summed E-state index contributed by atoms with van der Waals surface area (Å²) in [5, 5.41) is 17.3. The van der Waals surface area contributed by atoms with Gasteiger partial charge in [0.15, 0.2) is 0 Å². The molecule has 0 spiro atoms. The zero-order valence-corrected chi connectivity index (χ0v) is 19.0. The number of halogens is 7. The summed E-state index contributed by atoms with van der Waals surface area (Å²) in [5.41, 5.74) is 2.15. The van der Waals surface area contributed by atoms with Crippen molar-refractivity contribution in [3.05, 3.63) is 68.7 Å². The number of ether oxygens (including phenoxy) is 1. The molecule has 190 valence electrons. The van der Waals surface area contributed by atoms with Crippen molar-refractivity contribution in [3.63, 3.8) is 0 Å². The van der Waals surface area contributed by atoms with E-state index in [4.69, 9.17) is 0 Å². The van der Waals surface area contributed by atoms with Crippen molar-refractivity contribution in [2.45, 2.75) is 18.5 Å². The molecular weight excluding hydrogens is 568 g/mol. The SMILES string of the molecule is O=[N+]([O-])c1ccccc1Nc1nc(N/N=C/c2ccc(Br)cc2)nc(OC(C(F)(F)F)C(F)(F)F)n1. The minimum Gasteiger partial charge on any atom is -0.440 e. The van der Waals surface area contributed by atoms with Gasteiger partial charge in [0.2, 0.25) is 5.95 Å². The Morgan fingerprint density at radius 1 is 0.972 bits per heavy atom. The molecule has 0 aliphatic rings. The van der Waals surface area contributed by atoms with Crippen molar-refractivity contribution in [3.8, 4) is 6.01 Å². The molecular formula is C19H12BrF6N7O3. The van der Waals surface area contributed by atoms with Crippen LogP contribution in [0, 0.1) is 10.1 Å². The summed E-state index contributed by atoms with van der Waals surface area (Å²) < 4.78 is 82.6. The minimum absolute atomic E-state index is 0.202. The molecule has 17 heteroatoms. The zero-order chi connectivity index (χ0) is 26.5. The lowest BCUT2D eigenvalue weighted by atomic mass is 10.2. The average molecular weight is 580 g/mol. The van der Waals surface area contributed by atoms with Gasteiger partial charge in [0.25, 0.3) is 17.7 Å². The van der Waals surface area contributed by atoms with E-state index in [-0.39, 0.29) is 5.69 Å². The molecule has 3 rings (SSSR count).